The Morgan fingerprint density at radius 1 is 1.07 bits per heavy atom. The smallest absolute Gasteiger partial charge is 0.251 e. The summed E-state index contributed by atoms with van der Waals surface area (Å²) in [6.07, 6.45) is 3.42. The van der Waals surface area contributed by atoms with Crippen molar-refractivity contribution >= 4 is 5.91 Å². The first kappa shape index (κ1) is 28.8. The number of carbonyl (C=O) groups is 1. The Bertz CT molecular complexity index is 1390. The van der Waals surface area contributed by atoms with Gasteiger partial charge in [-0.3, -0.25) is 4.79 Å². The van der Waals surface area contributed by atoms with Crippen LogP contribution in [0, 0.1) is 0 Å². The van der Waals surface area contributed by atoms with E-state index in [4.69, 9.17) is 4.74 Å². The predicted octanol–water partition coefficient (Wildman–Crippen LogP) is 3.52. The zero-order chi connectivity index (χ0) is 28.5. The van der Waals surface area contributed by atoms with Crippen molar-refractivity contribution in [2.24, 2.45) is 0 Å². The molecule has 40 heavy (non-hydrogen) atoms. The molecule has 1 atom stereocenters. The van der Waals surface area contributed by atoms with Crippen molar-refractivity contribution in [1.82, 2.24) is 20.4 Å². The summed E-state index contributed by atoms with van der Waals surface area (Å²) >= 11 is 0. The Balaban J connectivity index is 1.23. The quantitative estimate of drug-likeness (QED) is 0.163. The third-order valence-corrected chi connectivity index (χ3v) is 6.53. The molecule has 1 aromatic heterocycles. The van der Waals surface area contributed by atoms with Crippen LogP contribution in [-0.4, -0.2) is 56.2 Å². The van der Waals surface area contributed by atoms with Crippen molar-refractivity contribution in [2.75, 3.05) is 19.7 Å². The second-order valence-electron chi connectivity index (χ2n) is 10.3. The molecule has 0 aliphatic rings. The van der Waals surface area contributed by atoms with Crippen LogP contribution in [0.25, 0.3) is 5.69 Å². The van der Waals surface area contributed by atoms with E-state index in [9.17, 15) is 20.1 Å². The maximum atomic E-state index is 12.7. The number of benzene rings is 3. The van der Waals surface area contributed by atoms with Crippen molar-refractivity contribution in [3.05, 3.63) is 107 Å². The average Bonchev–Trinajstić information content (AvgIpc) is 3.50. The van der Waals surface area contributed by atoms with Crippen LogP contribution >= 0.6 is 0 Å². The number of aromatic hydroxyl groups is 1. The molecule has 9 heteroatoms. The van der Waals surface area contributed by atoms with Gasteiger partial charge in [-0.1, -0.05) is 18.2 Å². The van der Waals surface area contributed by atoms with Crippen molar-refractivity contribution in [3.63, 3.8) is 0 Å². The minimum absolute atomic E-state index is 0.000187. The van der Waals surface area contributed by atoms with Gasteiger partial charge in [-0.2, -0.15) is 5.10 Å². The predicted molar refractivity (Wildman–Crippen MR) is 153 cm³/mol. The van der Waals surface area contributed by atoms with Gasteiger partial charge in [-0.25, -0.2) is 4.68 Å². The van der Waals surface area contributed by atoms with Gasteiger partial charge in [0.2, 0.25) is 0 Å². The van der Waals surface area contributed by atoms with Crippen LogP contribution in [0.1, 0.15) is 47.0 Å². The Kier molecular flexibility index (Phi) is 9.55. The van der Waals surface area contributed by atoms with E-state index in [2.05, 4.69) is 15.7 Å². The normalized spacial score (nSPS) is 12.2. The van der Waals surface area contributed by atoms with Crippen LogP contribution in [0.4, 0.5) is 0 Å². The van der Waals surface area contributed by atoms with Gasteiger partial charge in [0.05, 0.1) is 24.9 Å². The first-order chi connectivity index (χ1) is 19.2. The molecule has 0 spiro atoms. The number of phenols is 1. The maximum absolute atomic E-state index is 12.7. The minimum Gasteiger partial charge on any atom is -0.508 e. The van der Waals surface area contributed by atoms with E-state index >= 15 is 0 Å². The third kappa shape index (κ3) is 7.92. The first-order valence-electron chi connectivity index (χ1n) is 13.2. The number of aliphatic hydroxyl groups excluding tert-OH is 2. The molecule has 0 aliphatic carbocycles. The summed E-state index contributed by atoms with van der Waals surface area (Å²) < 4.78 is 7.52. The van der Waals surface area contributed by atoms with Crippen LogP contribution in [0.15, 0.2) is 85.2 Å². The van der Waals surface area contributed by atoms with E-state index in [1.165, 1.54) is 6.07 Å². The number of hydrogen-bond acceptors (Lipinski definition) is 7. The lowest BCUT2D eigenvalue weighted by atomic mass is 9.93. The number of amides is 1. The fraction of sp³-hybridized carbons (Fsp3) is 0.290. The molecule has 4 aromatic rings. The number of rotatable bonds is 13. The molecular weight excluding hydrogens is 508 g/mol. The van der Waals surface area contributed by atoms with Gasteiger partial charge < -0.3 is 30.7 Å². The highest BCUT2D eigenvalue weighted by Crippen LogP contribution is 2.23. The lowest BCUT2D eigenvalue weighted by molar-refractivity contribution is 0.0947. The summed E-state index contributed by atoms with van der Waals surface area (Å²) in [5.41, 5.74) is 3.11. The first-order valence-corrected chi connectivity index (χ1v) is 13.2. The van der Waals surface area contributed by atoms with Gasteiger partial charge in [-0.15, -0.1) is 0 Å². The van der Waals surface area contributed by atoms with E-state index in [1.54, 1.807) is 29.1 Å². The second-order valence-corrected chi connectivity index (χ2v) is 10.3. The van der Waals surface area contributed by atoms with Gasteiger partial charge >= 0.3 is 0 Å². The minimum atomic E-state index is -0.807. The third-order valence-electron chi connectivity index (χ3n) is 6.53. The Morgan fingerprint density at radius 3 is 2.60 bits per heavy atom. The molecule has 1 heterocycles. The van der Waals surface area contributed by atoms with E-state index in [0.29, 0.717) is 42.0 Å². The number of ether oxygens (including phenoxy) is 1. The second kappa shape index (κ2) is 13.3. The molecule has 0 unspecified atom stereocenters. The van der Waals surface area contributed by atoms with Crippen molar-refractivity contribution in [2.45, 2.75) is 38.5 Å². The Labute approximate surface area is 234 Å². The Hall–Kier alpha value is -4.18. The summed E-state index contributed by atoms with van der Waals surface area (Å²) in [5, 5.41) is 40.2. The molecule has 0 aliphatic heterocycles. The SMILES string of the molecule is CC(C)(Cc1cccc(C(=O)NCCOc2ccc(-n3cccn3)cc2)c1)NC[C@@H](O)c1ccc(O)c(CO)c1. The van der Waals surface area contributed by atoms with Crippen molar-refractivity contribution in [3.8, 4) is 17.2 Å². The standard InChI is InChI=1S/C31H36N4O5/c1-31(2,33-20-29(38)23-7-12-28(37)25(18-23)21-36)19-22-5-3-6-24(17-22)30(39)32-14-16-40-27-10-8-26(9-11-27)35-15-4-13-34-35/h3-13,15,17-18,29,33,36-38H,14,16,19-21H2,1-2H3,(H,32,39)/t29-/m1/s1. The summed E-state index contributed by atoms with van der Waals surface area (Å²) in [6, 6.07) is 21.6. The number of aliphatic hydroxyl groups is 2. The van der Waals surface area contributed by atoms with Gasteiger partial charge in [0.1, 0.15) is 18.1 Å². The number of nitrogens with one attached hydrogen (secondary N) is 2. The number of aromatic nitrogens is 2. The highest BCUT2D eigenvalue weighted by atomic mass is 16.5. The molecule has 0 radical (unpaired) electrons. The van der Waals surface area contributed by atoms with Gasteiger partial charge in [0, 0.05) is 35.6 Å². The lowest BCUT2D eigenvalue weighted by Gasteiger charge is -2.28. The summed E-state index contributed by atoms with van der Waals surface area (Å²) in [5.74, 6) is 0.540. The highest BCUT2D eigenvalue weighted by Gasteiger charge is 2.21. The molecular formula is C31H36N4O5. The molecule has 1 amide bonds. The van der Waals surface area contributed by atoms with Crippen LogP contribution in [-0.2, 0) is 13.0 Å². The maximum Gasteiger partial charge on any atom is 0.251 e. The van der Waals surface area contributed by atoms with Gasteiger partial charge in [-0.05, 0) is 86.0 Å². The van der Waals surface area contributed by atoms with E-state index < -0.39 is 6.10 Å². The molecule has 4 rings (SSSR count). The molecule has 210 valence electrons. The van der Waals surface area contributed by atoms with Crippen LogP contribution in [0.5, 0.6) is 11.5 Å². The van der Waals surface area contributed by atoms with Crippen LogP contribution < -0.4 is 15.4 Å². The number of β-amino-alcohol motifs (C(OH)–C–C–N with tert-alkyl or cyclic N) is 1. The number of carbonyl (C=O) groups excluding carboxylic acids is 1. The van der Waals surface area contributed by atoms with Crippen molar-refractivity contribution in [1.29, 1.82) is 0 Å². The molecule has 5 N–H and O–H groups in total. The zero-order valence-corrected chi connectivity index (χ0v) is 22.7. The van der Waals surface area contributed by atoms with Gasteiger partial charge in [0.25, 0.3) is 5.91 Å². The lowest BCUT2D eigenvalue weighted by Crippen LogP contribution is -2.43. The molecule has 0 saturated heterocycles. The summed E-state index contributed by atoms with van der Waals surface area (Å²) in [4.78, 5) is 12.7. The molecule has 0 fully saturated rings. The van der Waals surface area contributed by atoms with Gasteiger partial charge in [0.15, 0.2) is 0 Å². The van der Waals surface area contributed by atoms with Crippen LogP contribution in [0.3, 0.4) is 0 Å². The number of hydrogen-bond donors (Lipinski definition) is 5. The fourth-order valence-corrected chi connectivity index (χ4v) is 4.38. The molecule has 3 aromatic carbocycles. The average molecular weight is 545 g/mol. The topological polar surface area (TPSA) is 129 Å². The molecule has 9 nitrogen and oxygen atoms in total. The van der Waals surface area contributed by atoms with E-state index in [-0.39, 0.29) is 30.3 Å². The largest absolute Gasteiger partial charge is 0.508 e. The Morgan fingerprint density at radius 2 is 1.88 bits per heavy atom. The monoisotopic (exact) mass is 544 g/mol. The van der Waals surface area contributed by atoms with E-state index in [0.717, 1.165) is 11.3 Å². The molecule has 0 bridgehead atoms. The van der Waals surface area contributed by atoms with Crippen LogP contribution in [0.2, 0.25) is 0 Å². The number of nitrogens with zero attached hydrogens (tertiary/aromatic N) is 2. The fourth-order valence-electron chi connectivity index (χ4n) is 4.38. The highest BCUT2D eigenvalue weighted by molar-refractivity contribution is 5.94. The zero-order valence-electron chi connectivity index (χ0n) is 22.7. The summed E-state index contributed by atoms with van der Waals surface area (Å²) in [7, 11) is 0. The molecule has 0 saturated carbocycles. The van der Waals surface area contributed by atoms with E-state index in [1.807, 2.05) is 68.6 Å². The van der Waals surface area contributed by atoms with Crippen molar-refractivity contribution < 1.29 is 24.9 Å². The summed E-state index contributed by atoms with van der Waals surface area (Å²) in [6.45, 7) is 4.75.